The number of rotatable bonds is 6. The first-order chi connectivity index (χ1) is 24.4. The molecule has 1 unspecified atom stereocenters. The van der Waals surface area contributed by atoms with Crippen LogP contribution in [0.5, 0.6) is 0 Å². The zero-order valence-electron chi connectivity index (χ0n) is 30.6. The molecule has 8 rings (SSSR count). The largest absolute Gasteiger partial charge is 0.352 e. The van der Waals surface area contributed by atoms with Crippen LogP contribution in [0.3, 0.4) is 0 Å². The lowest BCUT2D eigenvalue weighted by molar-refractivity contribution is 0.351. The zero-order valence-corrected chi connectivity index (χ0v) is 30.6. The van der Waals surface area contributed by atoms with Crippen molar-refractivity contribution in [2.75, 3.05) is 49.1 Å². The lowest BCUT2D eigenvalue weighted by Crippen LogP contribution is -2.57. The van der Waals surface area contributed by atoms with Gasteiger partial charge >= 0.3 is 0 Å². The van der Waals surface area contributed by atoms with Gasteiger partial charge in [-0.1, -0.05) is 0 Å². The van der Waals surface area contributed by atoms with Gasteiger partial charge in [0, 0.05) is 85.1 Å². The molecule has 0 bridgehead atoms. The lowest BCUT2D eigenvalue weighted by Gasteiger charge is -2.39. The van der Waals surface area contributed by atoms with Crippen LogP contribution < -0.4 is 26.2 Å². The molecule has 0 aliphatic carbocycles. The van der Waals surface area contributed by atoms with Gasteiger partial charge in [0.05, 0.1) is 34.5 Å². The van der Waals surface area contributed by atoms with E-state index in [-0.39, 0.29) is 11.1 Å². The molecule has 0 amide bonds. The summed E-state index contributed by atoms with van der Waals surface area (Å²) in [7, 11) is 0. The molecule has 8 heterocycles. The Morgan fingerprint density at radius 2 is 1.31 bits per heavy atom. The average Bonchev–Trinajstić information content (AvgIpc) is 3.61. The van der Waals surface area contributed by atoms with E-state index in [4.69, 9.17) is 30.9 Å². The Labute approximate surface area is 298 Å². The van der Waals surface area contributed by atoms with E-state index in [1.54, 1.807) is 0 Å². The van der Waals surface area contributed by atoms with Crippen molar-refractivity contribution in [3.8, 4) is 22.5 Å². The van der Waals surface area contributed by atoms with Gasteiger partial charge in [-0.2, -0.15) is 0 Å². The van der Waals surface area contributed by atoms with Gasteiger partial charge in [0.15, 0.2) is 11.3 Å². The van der Waals surface area contributed by atoms with Crippen LogP contribution in [-0.4, -0.2) is 89.5 Å². The van der Waals surface area contributed by atoms with E-state index >= 15 is 0 Å². The molecular formula is C38H47N13. The highest BCUT2D eigenvalue weighted by Gasteiger charge is 2.30. The van der Waals surface area contributed by atoms with Crippen LogP contribution in [0.2, 0.25) is 0 Å². The molecule has 1 atom stereocenters. The molecule has 4 N–H and O–H groups in total. The number of pyridine rings is 2. The molecule has 51 heavy (non-hydrogen) atoms. The summed E-state index contributed by atoms with van der Waals surface area (Å²) in [5.74, 6) is 1.79. The van der Waals surface area contributed by atoms with E-state index in [0.717, 1.165) is 107 Å². The number of piperazine rings is 2. The maximum atomic E-state index is 7.24. The molecule has 2 saturated heterocycles. The van der Waals surface area contributed by atoms with Crippen molar-refractivity contribution in [2.24, 2.45) is 5.73 Å². The number of imidazole rings is 2. The Balaban J connectivity index is 1.23. The molecule has 2 aliphatic rings. The van der Waals surface area contributed by atoms with E-state index < -0.39 is 6.04 Å². The molecule has 6 aromatic rings. The average molecular weight is 686 g/mol. The van der Waals surface area contributed by atoms with Gasteiger partial charge in [-0.3, -0.25) is 9.97 Å². The third-order valence-corrected chi connectivity index (χ3v) is 10.1. The summed E-state index contributed by atoms with van der Waals surface area (Å²) < 4.78 is 3.92. The second-order valence-corrected chi connectivity index (χ2v) is 15.3. The summed E-state index contributed by atoms with van der Waals surface area (Å²) in [6, 6.07) is 13.8. The fraction of sp³-hybridized carbons (Fsp3) is 0.421. The molecule has 13 nitrogen and oxygen atoms in total. The maximum absolute atomic E-state index is 7.24. The van der Waals surface area contributed by atoms with Gasteiger partial charge < -0.3 is 26.2 Å². The van der Waals surface area contributed by atoms with Gasteiger partial charge in [0.1, 0.15) is 11.6 Å². The number of aromatic nitrogens is 8. The second kappa shape index (κ2) is 12.4. The van der Waals surface area contributed by atoms with Crippen LogP contribution in [-0.2, 0) is 0 Å². The smallest absolute Gasteiger partial charge is 0.159 e. The molecule has 0 saturated carbocycles. The van der Waals surface area contributed by atoms with Gasteiger partial charge in [-0.25, -0.2) is 19.0 Å². The SMILES string of the molecule is Cc1cc(-c2c(C)nc3c(C(N)c4cc(-c5c(C)nc6ccc(N7CCNC(C)(C)C7)nn56)ccn4)cc(N4CCNC(C)(C)C4)nn23)ccn1. The highest BCUT2D eigenvalue weighted by molar-refractivity contribution is 5.71. The highest BCUT2D eigenvalue weighted by atomic mass is 15.4. The van der Waals surface area contributed by atoms with Gasteiger partial charge in [-0.05, 0) is 90.9 Å². The first-order valence-corrected chi connectivity index (χ1v) is 17.8. The van der Waals surface area contributed by atoms with E-state index in [0.29, 0.717) is 5.65 Å². The van der Waals surface area contributed by atoms with Crippen molar-refractivity contribution in [1.29, 1.82) is 0 Å². The normalized spacial score (nSPS) is 18.1. The molecule has 0 aromatic carbocycles. The molecular weight excluding hydrogens is 639 g/mol. The van der Waals surface area contributed by atoms with Gasteiger partial charge in [0.2, 0.25) is 0 Å². The van der Waals surface area contributed by atoms with Gasteiger partial charge in [-0.15, -0.1) is 10.2 Å². The van der Waals surface area contributed by atoms with Crippen molar-refractivity contribution in [3.63, 3.8) is 0 Å². The van der Waals surface area contributed by atoms with Crippen molar-refractivity contribution in [2.45, 2.75) is 65.6 Å². The third-order valence-electron chi connectivity index (χ3n) is 10.1. The number of nitrogens with one attached hydrogen (secondary N) is 2. The van der Waals surface area contributed by atoms with Crippen molar-refractivity contribution < 1.29 is 0 Å². The number of anilines is 2. The van der Waals surface area contributed by atoms with E-state index in [9.17, 15) is 0 Å². The molecule has 13 heteroatoms. The van der Waals surface area contributed by atoms with Crippen molar-refractivity contribution in [1.82, 2.24) is 49.8 Å². The van der Waals surface area contributed by atoms with Gasteiger partial charge in [0.25, 0.3) is 0 Å². The Bertz CT molecular complexity index is 2270. The number of hydrogen-bond donors (Lipinski definition) is 3. The highest BCUT2D eigenvalue weighted by Crippen LogP contribution is 2.34. The third kappa shape index (κ3) is 6.19. The van der Waals surface area contributed by atoms with Crippen LogP contribution >= 0.6 is 0 Å². The molecule has 0 radical (unpaired) electrons. The maximum Gasteiger partial charge on any atom is 0.159 e. The predicted molar refractivity (Wildman–Crippen MR) is 201 cm³/mol. The first-order valence-electron chi connectivity index (χ1n) is 17.8. The minimum absolute atomic E-state index is 0.00342. The molecule has 264 valence electrons. The summed E-state index contributed by atoms with van der Waals surface area (Å²) in [6.07, 6.45) is 3.66. The van der Waals surface area contributed by atoms with Crippen LogP contribution in [0.25, 0.3) is 33.8 Å². The molecule has 2 fully saturated rings. The summed E-state index contributed by atoms with van der Waals surface area (Å²) in [5.41, 5.74) is 16.8. The minimum Gasteiger partial charge on any atom is -0.352 e. The molecule has 0 spiro atoms. The quantitative estimate of drug-likeness (QED) is 0.232. The summed E-state index contributed by atoms with van der Waals surface area (Å²) >= 11 is 0. The Hall–Kier alpha value is -4.98. The van der Waals surface area contributed by atoms with Crippen molar-refractivity contribution >= 4 is 22.9 Å². The van der Waals surface area contributed by atoms with Crippen molar-refractivity contribution in [3.05, 3.63) is 83.2 Å². The summed E-state index contributed by atoms with van der Waals surface area (Å²) in [6.45, 7) is 20.1. The fourth-order valence-electron chi connectivity index (χ4n) is 7.68. The predicted octanol–water partition coefficient (Wildman–Crippen LogP) is 4.25. The van der Waals surface area contributed by atoms with E-state index in [2.05, 4.69) is 83.4 Å². The molecule has 6 aromatic heterocycles. The summed E-state index contributed by atoms with van der Waals surface area (Å²) in [5, 5.41) is 17.6. The fourth-order valence-corrected chi connectivity index (χ4v) is 7.68. The second-order valence-electron chi connectivity index (χ2n) is 15.3. The standard InChI is InChI=1S/C38H47N13/c1-23-18-26(10-12-40-23)35-25(3)45-36-28(20-32(47-51(35)36)49-17-15-43-38(6,7)22-49)33(39)29-19-27(11-13-41-29)34-24(2)44-30-8-9-31(46-50(30)34)48-16-14-42-37(4,5)21-48/h8-13,18-20,33,42-43H,14-17,21-22,39H2,1-7H3. The first kappa shape index (κ1) is 33.2. The van der Waals surface area contributed by atoms with Crippen LogP contribution in [0.1, 0.15) is 62.1 Å². The lowest BCUT2D eigenvalue weighted by atomic mass is 10.0. The Kier molecular flexibility index (Phi) is 8.04. The monoisotopic (exact) mass is 685 g/mol. The van der Waals surface area contributed by atoms with Crippen LogP contribution in [0, 0.1) is 20.8 Å². The van der Waals surface area contributed by atoms with E-state index in [1.807, 2.05) is 54.3 Å². The number of nitrogens with zero attached hydrogens (tertiary/aromatic N) is 10. The topological polar surface area (TPSA) is 143 Å². The number of fused-ring (bicyclic) bond motifs is 2. The number of hydrogen-bond acceptors (Lipinski definition) is 11. The minimum atomic E-state index is -0.579. The van der Waals surface area contributed by atoms with Crippen LogP contribution in [0.15, 0.2) is 54.9 Å². The number of aryl methyl sites for hydroxylation is 3. The Morgan fingerprint density at radius 1 is 0.706 bits per heavy atom. The van der Waals surface area contributed by atoms with E-state index in [1.165, 1.54) is 0 Å². The summed E-state index contributed by atoms with van der Waals surface area (Å²) in [4.78, 5) is 23.9. The zero-order chi connectivity index (χ0) is 35.7. The number of nitrogens with two attached hydrogens (primary N) is 1. The van der Waals surface area contributed by atoms with Crippen LogP contribution in [0.4, 0.5) is 11.6 Å². The molecule has 2 aliphatic heterocycles. The Morgan fingerprint density at radius 3 is 2.00 bits per heavy atom.